The average molecular weight is 301 g/mol. The standard InChI is InChI=1S/C17H17ClN2O/c1-17(2,3)10-4-7-15-14(8-10)20-16(21-15)12-9-11(19)5-6-13(12)18/h4-9H,19H2,1-3H3. The Morgan fingerprint density at radius 3 is 2.57 bits per heavy atom. The minimum Gasteiger partial charge on any atom is -0.436 e. The molecule has 0 aliphatic heterocycles. The average Bonchev–Trinajstić information content (AvgIpc) is 2.83. The predicted octanol–water partition coefficient (Wildman–Crippen LogP) is 5.03. The van der Waals surface area contributed by atoms with Gasteiger partial charge in [0.2, 0.25) is 5.89 Å². The molecule has 0 saturated heterocycles. The van der Waals surface area contributed by atoms with E-state index in [4.69, 9.17) is 21.8 Å². The quantitative estimate of drug-likeness (QED) is 0.641. The van der Waals surface area contributed by atoms with Gasteiger partial charge in [0.05, 0.1) is 10.6 Å². The summed E-state index contributed by atoms with van der Waals surface area (Å²) in [5.41, 5.74) is 10.0. The van der Waals surface area contributed by atoms with Gasteiger partial charge in [-0.25, -0.2) is 4.98 Å². The lowest BCUT2D eigenvalue weighted by molar-refractivity contribution is 0.590. The highest BCUT2D eigenvalue weighted by Gasteiger charge is 2.17. The summed E-state index contributed by atoms with van der Waals surface area (Å²) in [5, 5.41) is 0.576. The summed E-state index contributed by atoms with van der Waals surface area (Å²) in [4.78, 5) is 4.55. The Hall–Kier alpha value is -2.00. The molecule has 1 aromatic heterocycles. The number of oxazole rings is 1. The van der Waals surface area contributed by atoms with Gasteiger partial charge in [0.1, 0.15) is 5.52 Å². The van der Waals surface area contributed by atoms with Crippen molar-refractivity contribution in [2.45, 2.75) is 26.2 Å². The number of nitrogen functional groups attached to an aromatic ring is 1. The second-order valence-corrected chi connectivity index (χ2v) is 6.60. The maximum absolute atomic E-state index is 6.21. The third kappa shape index (κ3) is 2.61. The Kier molecular flexibility index (Phi) is 3.18. The molecule has 0 bridgehead atoms. The van der Waals surface area contributed by atoms with Gasteiger partial charge in [0.25, 0.3) is 0 Å². The smallest absolute Gasteiger partial charge is 0.228 e. The molecule has 2 N–H and O–H groups in total. The fraction of sp³-hybridized carbons (Fsp3) is 0.235. The van der Waals surface area contributed by atoms with Gasteiger partial charge < -0.3 is 10.2 Å². The van der Waals surface area contributed by atoms with E-state index in [0.717, 1.165) is 11.1 Å². The number of aromatic nitrogens is 1. The molecular weight excluding hydrogens is 284 g/mol. The molecule has 1 heterocycles. The van der Waals surface area contributed by atoms with E-state index in [2.05, 4.69) is 37.9 Å². The molecule has 0 saturated carbocycles. The number of rotatable bonds is 1. The van der Waals surface area contributed by atoms with Crippen LogP contribution in [0.5, 0.6) is 0 Å². The summed E-state index contributed by atoms with van der Waals surface area (Å²) < 4.78 is 5.81. The minimum absolute atomic E-state index is 0.0716. The Morgan fingerprint density at radius 2 is 1.86 bits per heavy atom. The molecule has 0 spiro atoms. The fourth-order valence-corrected chi connectivity index (χ4v) is 2.41. The molecule has 0 atom stereocenters. The van der Waals surface area contributed by atoms with E-state index in [1.54, 1.807) is 18.2 Å². The van der Waals surface area contributed by atoms with Gasteiger partial charge in [-0.3, -0.25) is 0 Å². The van der Waals surface area contributed by atoms with Gasteiger partial charge in [-0.2, -0.15) is 0 Å². The highest BCUT2D eigenvalue weighted by Crippen LogP contribution is 2.33. The number of hydrogen-bond acceptors (Lipinski definition) is 3. The van der Waals surface area contributed by atoms with Crippen molar-refractivity contribution in [1.82, 2.24) is 4.98 Å². The highest BCUT2D eigenvalue weighted by atomic mass is 35.5. The lowest BCUT2D eigenvalue weighted by Crippen LogP contribution is -2.10. The van der Waals surface area contributed by atoms with Gasteiger partial charge in [-0.15, -0.1) is 0 Å². The largest absolute Gasteiger partial charge is 0.436 e. The zero-order valence-corrected chi connectivity index (χ0v) is 13.0. The van der Waals surface area contributed by atoms with Crippen LogP contribution in [0, 0.1) is 0 Å². The Bertz CT molecular complexity index is 815. The van der Waals surface area contributed by atoms with E-state index in [-0.39, 0.29) is 5.41 Å². The number of hydrogen-bond donors (Lipinski definition) is 1. The fourth-order valence-electron chi connectivity index (χ4n) is 2.22. The van der Waals surface area contributed by atoms with Gasteiger partial charge in [0.15, 0.2) is 5.58 Å². The highest BCUT2D eigenvalue weighted by molar-refractivity contribution is 6.33. The minimum atomic E-state index is 0.0716. The first-order chi connectivity index (χ1) is 9.84. The molecule has 0 aliphatic rings. The maximum atomic E-state index is 6.21. The third-order valence-electron chi connectivity index (χ3n) is 3.47. The SMILES string of the molecule is CC(C)(C)c1ccc2oc(-c3cc(N)ccc3Cl)nc2c1. The van der Waals surface area contributed by atoms with E-state index in [0.29, 0.717) is 22.2 Å². The maximum Gasteiger partial charge on any atom is 0.228 e. The Balaban J connectivity index is 2.15. The van der Waals surface area contributed by atoms with Gasteiger partial charge in [0, 0.05) is 5.69 Å². The van der Waals surface area contributed by atoms with Crippen LogP contribution in [0.2, 0.25) is 5.02 Å². The van der Waals surface area contributed by atoms with Crippen molar-refractivity contribution in [3.8, 4) is 11.5 Å². The van der Waals surface area contributed by atoms with E-state index in [9.17, 15) is 0 Å². The van der Waals surface area contributed by atoms with Crippen LogP contribution < -0.4 is 5.73 Å². The number of anilines is 1. The van der Waals surface area contributed by atoms with Gasteiger partial charge in [-0.1, -0.05) is 38.4 Å². The number of fused-ring (bicyclic) bond motifs is 1. The number of nitrogens with zero attached hydrogens (tertiary/aromatic N) is 1. The second kappa shape index (κ2) is 4.78. The first kappa shape index (κ1) is 14.0. The van der Waals surface area contributed by atoms with Crippen LogP contribution in [0.3, 0.4) is 0 Å². The van der Waals surface area contributed by atoms with Crippen molar-refractivity contribution in [2.75, 3.05) is 5.73 Å². The molecule has 0 aliphatic carbocycles. The Morgan fingerprint density at radius 1 is 1.10 bits per heavy atom. The molecule has 4 heteroatoms. The van der Waals surface area contributed by atoms with Crippen molar-refractivity contribution in [3.05, 3.63) is 47.0 Å². The van der Waals surface area contributed by atoms with E-state index < -0.39 is 0 Å². The van der Waals surface area contributed by atoms with Crippen molar-refractivity contribution >= 4 is 28.4 Å². The number of nitrogens with two attached hydrogens (primary N) is 1. The first-order valence-corrected chi connectivity index (χ1v) is 7.19. The number of benzene rings is 2. The summed E-state index contributed by atoms with van der Waals surface area (Å²) in [6.45, 7) is 6.51. The number of halogens is 1. The van der Waals surface area contributed by atoms with Crippen LogP contribution in [0.4, 0.5) is 5.69 Å². The summed E-state index contributed by atoms with van der Waals surface area (Å²) >= 11 is 6.21. The van der Waals surface area contributed by atoms with Crippen molar-refractivity contribution < 1.29 is 4.42 Å². The molecule has 21 heavy (non-hydrogen) atoms. The summed E-state index contributed by atoms with van der Waals surface area (Å²) in [6, 6.07) is 11.4. The Labute approximate surface area is 128 Å². The van der Waals surface area contributed by atoms with Crippen LogP contribution >= 0.6 is 11.6 Å². The molecule has 0 unspecified atom stereocenters. The molecular formula is C17H17ClN2O. The topological polar surface area (TPSA) is 52.0 Å². The zero-order valence-electron chi connectivity index (χ0n) is 12.3. The molecule has 3 rings (SSSR count). The van der Waals surface area contributed by atoms with Crippen molar-refractivity contribution in [1.29, 1.82) is 0 Å². The monoisotopic (exact) mass is 300 g/mol. The second-order valence-electron chi connectivity index (χ2n) is 6.19. The summed E-state index contributed by atoms with van der Waals surface area (Å²) in [7, 11) is 0. The molecule has 108 valence electrons. The van der Waals surface area contributed by atoms with Crippen LogP contribution in [-0.2, 0) is 5.41 Å². The van der Waals surface area contributed by atoms with Crippen LogP contribution in [0.15, 0.2) is 40.8 Å². The summed E-state index contributed by atoms with van der Waals surface area (Å²) in [5.74, 6) is 0.494. The lowest BCUT2D eigenvalue weighted by atomic mass is 9.87. The van der Waals surface area contributed by atoms with E-state index in [1.165, 1.54) is 5.56 Å². The van der Waals surface area contributed by atoms with Crippen LogP contribution in [-0.4, -0.2) is 4.98 Å². The molecule has 0 radical (unpaired) electrons. The molecule has 3 nitrogen and oxygen atoms in total. The van der Waals surface area contributed by atoms with Crippen LogP contribution in [0.25, 0.3) is 22.6 Å². The van der Waals surface area contributed by atoms with E-state index >= 15 is 0 Å². The van der Waals surface area contributed by atoms with Gasteiger partial charge >= 0.3 is 0 Å². The van der Waals surface area contributed by atoms with Crippen LogP contribution in [0.1, 0.15) is 26.3 Å². The molecule has 0 amide bonds. The van der Waals surface area contributed by atoms with E-state index in [1.807, 2.05) is 6.07 Å². The molecule has 0 fully saturated rings. The van der Waals surface area contributed by atoms with Crippen molar-refractivity contribution in [2.24, 2.45) is 0 Å². The predicted molar refractivity (Wildman–Crippen MR) is 87.6 cm³/mol. The molecule has 2 aromatic carbocycles. The van der Waals surface area contributed by atoms with Crippen molar-refractivity contribution in [3.63, 3.8) is 0 Å². The lowest BCUT2D eigenvalue weighted by Gasteiger charge is -2.18. The molecule has 3 aromatic rings. The normalized spacial score (nSPS) is 12.0. The first-order valence-electron chi connectivity index (χ1n) is 6.81. The third-order valence-corrected chi connectivity index (χ3v) is 3.80. The zero-order chi connectivity index (χ0) is 15.2. The summed E-state index contributed by atoms with van der Waals surface area (Å²) in [6.07, 6.45) is 0. The van der Waals surface area contributed by atoms with Gasteiger partial charge in [-0.05, 0) is 41.3 Å².